The third-order valence-electron chi connectivity index (χ3n) is 13.6. The van der Waals surface area contributed by atoms with E-state index in [-0.39, 0.29) is 130 Å². The molecule has 0 saturated heterocycles. The van der Waals surface area contributed by atoms with Crippen LogP contribution in [0.3, 0.4) is 0 Å². The Kier molecular flexibility index (Phi) is 40.5. The van der Waals surface area contributed by atoms with Gasteiger partial charge >= 0.3 is 0 Å². The monoisotopic (exact) mass is 1180 g/mol. The van der Waals surface area contributed by atoms with E-state index >= 15 is 0 Å². The highest BCUT2D eigenvalue weighted by Gasteiger charge is 2.26. The van der Waals surface area contributed by atoms with Gasteiger partial charge < -0.3 is 99.2 Å². The van der Waals surface area contributed by atoms with Gasteiger partial charge in [-0.3, -0.25) is 48.5 Å². The van der Waals surface area contributed by atoms with Gasteiger partial charge in [-0.1, -0.05) is 12.1 Å². The molecule has 7 amide bonds. The third kappa shape index (κ3) is 40.7. The summed E-state index contributed by atoms with van der Waals surface area (Å²) < 4.78 is 0. The van der Waals surface area contributed by atoms with Crippen molar-refractivity contribution in [1.29, 1.82) is 0 Å². The number of nitrogens with one attached hydrogen (secondary N) is 8. The highest BCUT2D eigenvalue weighted by Crippen LogP contribution is 2.15. The van der Waals surface area contributed by atoms with Crippen LogP contribution in [0, 0.1) is 0 Å². The quantitative estimate of drug-likeness (QED) is 0.0167. The first-order valence-electron chi connectivity index (χ1n) is 29.7. The molecule has 30 N–H and O–H groups in total. The summed E-state index contributed by atoms with van der Waals surface area (Å²) in [5.41, 5.74) is 46.0. The Morgan fingerprint density at radius 2 is 0.771 bits per heavy atom. The lowest BCUT2D eigenvalue weighted by atomic mass is 10.0. The van der Waals surface area contributed by atoms with Crippen molar-refractivity contribution in [2.75, 3.05) is 52.9 Å². The largest absolute Gasteiger partial charge is 0.508 e. The fourth-order valence-electron chi connectivity index (χ4n) is 9.30. The van der Waals surface area contributed by atoms with E-state index in [0.717, 1.165) is 44.2 Å². The summed E-state index contributed by atoms with van der Waals surface area (Å²) in [5, 5.41) is 33.5. The van der Waals surface area contributed by atoms with Crippen molar-refractivity contribution >= 4 is 59.2 Å². The number of rotatable bonds is 48. The van der Waals surface area contributed by atoms with Crippen molar-refractivity contribution in [3.05, 3.63) is 29.8 Å². The van der Waals surface area contributed by atoms with Gasteiger partial charge in [0.2, 0.25) is 41.4 Å². The number of benzene rings is 1. The zero-order valence-electron chi connectivity index (χ0n) is 49.8. The van der Waals surface area contributed by atoms with E-state index in [2.05, 4.69) is 74.7 Å². The summed E-state index contributed by atoms with van der Waals surface area (Å²) in [5.74, 6) is -2.47. The van der Waals surface area contributed by atoms with Gasteiger partial charge in [0.15, 0.2) is 17.9 Å². The van der Waals surface area contributed by atoms with Gasteiger partial charge in [-0.2, -0.15) is 0 Å². The lowest BCUT2D eigenvalue weighted by Crippen LogP contribution is -2.50. The second-order valence-corrected chi connectivity index (χ2v) is 21.4. The molecule has 7 atom stereocenters. The summed E-state index contributed by atoms with van der Waals surface area (Å²) in [6.07, 6.45) is 9.24. The van der Waals surface area contributed by atoms with Crippen molar-refractivity contribution < 1.29 is 55.9 Å². The summed E-state index contributed by atoms with van der Waals surface area (Å²) in [6, 6.07) is 3.50. The number of unbranched alkanes of at least 4 members (excludes halogenated alkanes) is 3. The molecule has 0 aliphatic rings. The Hall–Kier alpha value is -7.04. The van der Waals surface area contributed by atoms with Gasteiger partial charge in [-0.05, 0) is 134 Å². The number of guanidine groups is 3. The minimum Gasteiger partial charge on any atom is -0.508 e. The molecule has 0 fully saturated rings. The van der Waals surface area contributed by atoms with Gasteiger partial charge in [0.25, 0.3) is 0 Å². The average Bonchev–Trinajstić information content (AvgIpc) is 3.42. The fourth-order valence-corrected chi connectivity index (χ4v) is 9.30. The van der Waals surface area contributed by atoms with Crippen LogP contribution in [0.25, 0.3) is 0 Å². The molecule has 28 heteroatoms. The van der Waals surface area contributed by atoms with E-state index in [0.29, 0.717) is 90.3 Å². The van der Waals surface area contributed by atoms with Crippen LogP contribution in [0.15, 0.2) is 39.2 Å². The number of likely N-dealkylation sites (N-methyl/N-ethyl adjacent to an activating group) is 1. The van der Waals surface area contributed by atoms with Gasteiger partial charge in [-0.15, -0.1) is 0 Å². The molecule has 0 radical (unpaired) electrons. The Morgan fingerprint density at radius 3 is 1.12 bits per heavy atom. The van der Waals surface area contributed by atoms with Crippen molar-refractivity contribution in [1.82, 2.24) is 42.5 Å². The highest BCUT2D eigenvalue weighted by atomic mass is 16.3. The lowest BCUT2D eigenvalue weighted by molar-refractivity contribution is -0.369. The summed E-state index contributed by atoms with van der Waals surface area (Å²) >= 11 is 0. The van der Waals surface area contributed by atoms with Crippen LogP contribution in [0.1, 0.15) is 154 Å². The van der Waals surface area contributed by atoms with Crippen LogP contribution < -0.4 is 94.1 Å². The number of carbonyl (C=O) groups is 7. The molecule has 0 spiro atoms. The minimum absolute atomic E-state index is 0.0261. The zero-order chi connectivity index (χ0) is 61.8. The fraction of sp³-hybridized carbons (Fsp3) is 0.709. The maximum Gasteiger partial charge on any atom is 0.222 e. The molecule has 1 rings (SSSR count). The van der Waals surface area contributed by atoms with Crippen molar-refractivity contribution in [2.24, 2.45) is 49.4 Å². The van der Waals surface area contributed by atoms with Crippen molar-refractivity contribution in [3.63, 3.8) is 0 Å². The summed E-state index contributed by atoms with van der Waals surface area (Å²) in [7, 11) is 1.76. The topological polar surface area (TPSA) is 512 Å². The lowest BCUT2D eigenvalue weighted by Gasteiger charge is -2.25. The molecular weight excluding hydrogens is 1070 g/mol. The Labute approximate surface area is 490 Å². The molecular formula is C55H107N20O8+3. The van der Waals surface area contributed by atoms with Crippen LogP contribution in [0.2, 0.25) is 0 Å². The first-order chi connectivity index (χ1) is 39.6. The maximum absolute atomic E-state index is 13.9. The standard InChI is InChI=1S/C55H104N20O8/c1-37(12-3-6-23-56)70-48(79)31-42(16-10-27-68-54(61)62)74-52(83)35-43(17-11-28-69-55(63)64)75-50(81)33-40(14-5-8-25-58)72-49(80)32-39(13-4-7-24-57)73-51(82)34-41(15-9-26-67-53(59)60)71-46(77)22-29-66-47(78)36-44(65-2)30-38-18-20-45(76)21-19-38/h18-21,37,39-44,65,76H,3-17,22-36,56-58H2,1-2H3,(H,66,78)(H,70,79)(H,71,77)(H,72,80)(H,73,82)(H,74,83)(H,75,81)(H4,59,60,67)(H4,61,62,68)(H4,63,64,69)/p+3. The normalized spacial score (nSPS) is 13.5. The molecule has 0 saturated carbocycles. The van der Waals surface area contributed by atoms with E-state index in [1.165, 1.54) is 0 Å². The molecule has 28 nitrogen and oxygen atoms in total. The van der Waals surface area contributed by atoms with Gasteiger partial charge in [0.1, 0.15) is 5.75 Å². The molecule has 0 aliphatic heterocycles. The predicted octanol–water partition coefficient (Wildman–Crippen LogP) is -4.30. The number of aliphatic imine (C=N–C) groups is 3. The average molecular weight is 1180 g/mol. The SMILES string of the molecule is CNC(CC(=O)NCCC(=O)NC(CCCN=C(N)N)CC(=O)NC(CCCC[NH3+])CC(=O)NC(CCCC[NH3+])CC(=O)NC(CCCN=C(N)N)CC(=O)NC(CCCN=C(N)N)CC(=O)NC(C)CCCC[NH3+])Cc1ccc(O)cc1. The molecule has 0 heterocycles. The van der Waals surface area contributed by atoms with E-state index in [4.69, 9.17) is 34.4 Å². The molecule has 472 valence electrons. The van der Waals surface area contributed by atoms with Gasteiger partial charge in [0, 0.05) is 113 Å². The van der Waals surface area contributed by atoms with E-state index < -0.39 is 42.0 Å². The molecule has 0 aromatic heterocycles. The Bertz CT molecular complexity index is 2120. The zero-order valence-corrected chi connectivity index (χ0v) is 49.8. The van der Waals surface area contributed by atoms with Crippen molar-refractivity contribution in [2.45, 2.75) is 197 Å². The number of hydrogen-bond donors (Lipinski definition) is 18. The smallest absolute Gasteiger partial charge is 0.222 e. The van der Waals surface area contributed by atoms with E-state index in [1.54, 1.807) is 31.3 Å². The molecule has 0 bridgehead atoms. The first-order valence-corrected chi connectivity index (χ1v) is 29.7. The van der Waals surface area contributed by atoms with Crippen LogP contribution in [-0.2, 0) is 40.0 Å². The van der Waals surface area contributed by atoms with Gasteiger partial charge in [-0.25, -0.2) is 0 Å². The van der Waals surface area contributed by atoms with Crippen LogP contribution in [0.4, 0.5) is 0 Å². The number of nitrogens with two attached hydrogens (primary N) is 6. The third-order valence-corrected chi connectivity index (χ3v) is 13.6. The second kappa shape index (κ2) is 45.5. The number of nitrogens with zero attached hydrogens (tertiary/aromatic N) is 3. The summed E-state index contributed by atoms with van der Waals surface area (Å²) in [4.78, 5) is 107. The molecule has 7 unspecified atom stereocenters. The number of amides is 7. The minimum atomic E-state index is -0.656. The number of hydrogen-bond acceptors (Lipinski definition) is 12. The number of phenolic OH excluding ortho intramolecular Hbond substituents is 1. The number of aromatic hydroxyl groups is 1. The molecule has 1 aromatic carbocycles. The van der Waals surface area contributed by atoms with E-state index in [1.807, 2.05) is 6.92 Å². The molecule has 0 aliphatic carbocycles. The van der Waals surface area contributed by atoms with Crippen LogP contribution in [0.5, 0.6) is 5.75 Å². The highest BCUT2D eigenvalue weighted by molar-refractivity contribution is 5.84. The van der Waals surface area contributed by atoms with Crippen LogP contribution in [-0.4, -0.2) is 159 Å². The maximum atomic E-state index is 13.9. The number of carbonyl (C=O) groups excluding carboxylic acids is 7. The predicted molar refractivity (Wildman–Crippen MR) is 322 cm³/mol. The number of quaternary nitrogens is 3. The second-order valence-electron chi connectivity index (χ2n) is 21.4. The first kappa shape index (κ1) is 74.0. The van der Waals surface area contributed by atoms with Crippen molar-refractivity contribution in [3.8, 4) is 5.75 Å². The Morgan fingerprint density at radius 1 is 0.446 bits per heavy atom. The van der Waals surface area contributed by atoms with Crippen LogP contribution >= 0.6 is 0 Å². The summed E-state index contributed by atoms with van der Waals surface area (Å²) in [6.45, 7) is 4.96. The molecule has 83 heavy (non-hydrogen) atoms. The number of phenols is 1. The molecule has 1 aromatic rings. The van der Waals surface area contributed by atoms with Gasteiger partial charge in [0.05, 0.1) is 19.6 Å². The van der Waals surface area contributed by atoms with E-state index in [9.17, 15) is 38.7 Å². The Balaban J connectivity index is 3.16.